The minimum atomic E-state index is -0.339. The van der Waals surface area contributed by atoms with Crippen LogP contribution in [0.25, 0.3) is 0 Å². The number of hydrogen-bond acceptors (Lipinski definition) is 9. The van der Waals surface area contributed by atoms with Gasteiger partial charge in [0.15, 0.2) is 11.5 Å². The van der Waals surface area contributed by atoms with Crippen LogP contribution in [0.2, 0.25) is 0 Å². The first kappa shape index (κ1) is 25.4. The van der Waals surface area contributed by atoms with E-state index in [9.17, 15) is 14.7 Å². The summed E-state index contributed by atoms with van der Waals surface area (Å²) >= 11 is 1.22. The molecule has 0 fully saturated rings. The minimum absolute atomic E-state index is 0.0397. The zero-order valence-electron chi connectivity index (χ0n) is 21.6. The van der Waals surface area contributed by atoms with Crippen molar-refractivity contribution in [3.63, 3.8) is 0 Å². The highest BCUT2D eigenvalue weighted by Gasteiger charge is 2.35. The number of nitrogens with zero attached hydrogens (tertiary/aromatic N) is 5. The molecule has 11 nitrogen and oxygen atoms in total. The van der Waals surface area contributed by atoms with E-state index in [2.05, 4.69) is 36.2 Å². The van der Waals surface area contributed by atoms with Gasteiger partial charge in [0.05, 0.1) is 17.5 Å². The number of H-pyrrole nitrogens is 1. The second kappa shape index (κ2) is 10.7. The molecular weight excluding hydrogens is 528 g/mol. The third-order valence-electron chi connectivity index (χ3n) is 6.81. The maximum Gasteiger partial charge on any atom is 0.294 e. The van der Waals surface area contributed by atoms with Gasteiger partial charge in [-0.15, -0.1) is 16.5 Å². The van der Waals surface area contributed by atoms with E-state index in [1.165, 1.54) is 16.7 Å². The van der Waals surface area contributed by atoms with Crippen molar-refractivity contribution in [3.05, 3.63) is 97.7 Å². The van der Waals surface area contributed by atoms with Crippen molar-refractivity contribution in [1.82, 2.24) is 20.2 Å². The number of aromatic nitrogens is 3. The fraction of sp³-hybridized carbons (Fsp3) is 0.214. The molecule has 4 N–H and O–H groups in total. The van der Waals surface area contributed by atoms with Gasteiger partial charge in [-0.2, -0.15) is 10.2 Å². The number of carbonyl (C=O) groups is 1. The number of nitrogens with one attached hydrogen (secondary N) is 3. The normalized spacial score (nSPS) is 17.5. The topological polar surface area (TPSA) is 149 Å². The lowest BCUT2D eigenvalue weighted by molar-refractivity contribution is -0.120. The van der Waals surface area contributed by atoms with Crippen molar-refractivity contribution in [2.24, 2.45) is 15.3 Å². The fourth-order valence-electron chi connectivity index (χ4n) is 4.89. The number of fused-ring (bicyclic) bond motifs is 1. The Hall–Kier alpha value is -4.84. The highest BCUT2D eigenvalue weighted by Crippen LogP contribution is 2.43. The summed E-state index contributed by atoms with van der Waals surface area (Å²) in [5.74, 6) is 0.169. The third-order valence-corrected chi connectivity index (χ3v) is 7.65. The molecular formula is C28H26N8O3S. The first-order valence-electron chi connectivity index (χ1n) is 12.8. The van der Waals surface area contributed by atoms with Gasteiger partial charge in [-0.05, 0) is 43.0 Å². The summed E-state index contributed by atoms with van der Waals surface area (Å²) < 4.78 is 1.80. The van der Waals surface area contributed by atoms with Crippen molar-refractivity contribution in [3.8, 4) is 5.88 Å². The number of hydrogen-bond donors (Lipinski definition) is 4. The second-order valence-corrected chi connectivity index (χ2v) is 10.6. The van der Waals surface area contributed by atoms with Crippen LogP contribution in [0.15, 0.2) is 91.4 Å². The minimum Gasteiger partial charge on any atom is -0.493 e. The number of rotatable bonds is 6. The van der Waals surface area contributed by atoms with E-state index in [1.54, 1.807) is 4.68 Å². The van der Waals surface area contributed by atoms with Crippen molar-refractivity contribution >= 4 is 40.1 Å². The molecule has 2 aromatic heterocycles. The number of aryl methyl sites for hydroxylation is 1. The average molecular weight is 555 g/mol. The van der Waals surface area contributed by atoms with Crippen LogP contribution in [0, 0.1) is 6.92 Å². The second-order valence-electron chi connectivity index (χ2n) is 9.65. The smallest absolute Gasteiger partial charge is 0.294 e. The largest absolute Gasteiger partial charge is 0.493 e. The van der Waals surface area contributed by atoms with Crippen molar-refractivity contribution in [2.75, 3.05) is 5.32 Å². The number of thiazole rings is 1. The highest BCUT2D eigenvalue weighted by atomic mass is 32.1. The lowest BCUT2D eigenvalue weighted by Gasteiger charge is -2.35. The van der Waals surface area contributed by atoms with Gasteiger partial charge in [-0.3, -0.25) is 19.4 Å². The molecule has 1 unspecified atom stereocenters. The summed E-state index contributed by atoms with van der Waals surface area (Å²) in [6.07, 6.45) is 1.85. The highest BCUT2D eigenvalue weighted by molar-refractivity contribution is 7.09. The van der Waals surface area contributed by atoms with E-state index < -0.39 is 0 Å². The lowest BCUT2D eigenvalue weighted by atomic mass is 9.85. The third kappa shape index (κ3) is 5.21. The summed E-state index contributed by atoms with van der Waals surface area (Å²) in [4.78, 5) is 29.4. The molecule has 1 aliphatic heterocycles. The number of amides is 1. The van der Waals surface area contributed by atoms with Gasteiger partial charge in [0, 0.05) is 17.8 Å². The van der Waals surface area contributed by atoms with Crippen LogP contribution in [0.3, 0.4) is 0 Å². The number of hydrazone groups is 1. The van der Waals surface area contributed by atoms with Crippen molar-refractivity contribution in [1.29, 1.82) is 0 Å². The first-order chi connectivity index (χ1) is 19.4. The molecule has 0 saturated carbocycles. The number of anilines is 1. The Morgan fingerprint density at radius 1 is 1.15 bits per heavy atom. The Morgan fingerprint density at radius 2 is 1.95 bits per heavy atom. The summed E-state index contributed by atoms with van der Waals surface area (Å²) in [7, 11) is 0. The van der Waals surface area contributed by atoms with Gasteiger partial charge in [-0.25, -0.2) is 10.4 Å². The van der Waals surface area contributed by atoms with E-state index in [-0.39, 0.29) is 35.5 Å². The molecule has 3 heterocycles. The average Bonchev–Trinajstić information content (AvgIpc) is 3.51. The maximum atomic E-state index is 13.1. The predicted octanol–water partition coefficient (Wildman–Crippen LogP) is 5.23. The quantitative estimate of drug-likeness (QED) is 0.190. The molecule has 0 saturated heterocycles. The monoisotopic (exact) mass is 554 g/mol. The van der Waals surface area contributed by atoms with E-state index in [0.717, 1.165) is 28.1 Å². The molecule has 2 aliphatic rings. The summed E-state index contributed by atoms with van der Waals surface area (Å²) in [6, 6.07) is 17.2. The van der Waals surface area contributed by atoms with Crippen LogP contribution in [-0.2, 0) is 11.2 Å². The van der Waals surface area contributed by atoms with Gasteiger partial charge in [-0.1, -0.05) is 48.0 Å². The molecule has 4 aromatic rings. The molecule has 0 spiro atoms. The van der Waals surface area contributed by atoms with Crippen LogP contribution in [-0.4, -0.2) is 31.5 Å². The Bertz CT molecular complexity index is 1710. The summed E-state index contributed by atoms with van der Waals surface area (Å²) in [6.45, 7) is 2.00. The molecule has 202 valence electrons. The zero-order chi connectivity index (χ0) is 27.6. The lowest BCUT2D eigenvalue weighted by Crippen LogP contribution is -2.30. The van der Waals surface area contributed by atoms with Crippen molar-refractivity contribution in [2.45, 2.75) is 38.6 Å². The molecule has 2 aromatic carbocycles. The van der Waals surface area contributed by atoms with E-state index in [4.69, 9.17) is 0 Å². The van der Waals surface area contributed by atoms with Gasteiger partial charge in [0.25, 0.3) is 5.56 Å². The maximum absolute atomic E-state index is 13.1. The molecule has 0 radical (unpaired) electrons. The van der Waals surface area contributed by atoms with Crippen LogP contribution in [0.5, 0.6) is 5.88 Å². The number of allylic oxidation sites excluding steroid dienone is 2. The van der Waals surface area contributed by atoms with Crippen LogP contribution < -0.4 is 16.3 Å². The predicted molar refractivity (Wildman–Crippen MR) is 153 cm³/mol. The molecule has 1 amide bonds. The van der Waals surface area contributed by atoms with E-state index >= 15 is 0 Å². The number of azo groups is 1. The van der Waals surface area contributed by atoms with Gasteiger partial charge >= 0.3 is 0 Å². The van der Waals surface area contributed by atoms with E-state index in [0.29, 0.717) is 35.8 Å². The zero-order valence-corrected chi connectivity index (χ0v) is 22.4. The fourth-order valence-corrected chi connectivity index (χ4v) is 5.55. The molecule has 6 rings (SSSR count). The van der Waals surface area contributed by atoms with Gasteiger partial charge < -0.3 is 10.4 Å². The first-order valence-corrected chi connectivity index (χ1v) is 13.7. The molecule has 1 aliphatic carbocycles. The Labute approximate surface area is 233 Å². The Kier molecular flexibility index (Phi) is 6.83. The molecule has 1 atom stereocenters. The van der Waals surface area contributed by atoms with Crippen LogP contribution in [0.1, 0.15) is 41.4 Å². The van der Waals surface area contributed by atoms with Crippen molar-refractivity contribution < 1.29 is 9.90 Å². The molecule has 0 bridgehead atoms. The molecule has 40 heavy (non-hydrogen) atoms. The van der Waals surface area contributed by atoms with Gasteiger partial charge in [0.1, 0.15) is 11.0 Å². The number of aromatic hydroxyl groups is 1. The van der Waals surface area contributed by atoms with Crippen LogP contribution in [0.4, 0.5) is 17.2 Å². The Balaban J connectivity index is 1.29. The summed E-state index contributed by atoms with van der Waals surface area (Å²) in [5, 5.41) is 30.8. The SMILES string of the molecule is Cc1ccc(N=Nc2c3n([nH]c2=O)C(c2ccccc2)C2=C(CCC(=NNC(=O)Cc4nc(O)cs4)C2)N3)cc1. The summed E-state index contributed by atoms with van der Waals surface area (Å²) in [5.41, 5.74) is 8.16. The number of aromatic amines is 1. The standard InChI is InChI=1S/C28H26N8O3S/c1-16-7-9-18(10-8-16)31-34-25-27-29-21-12-11-19(32-33-22(37)14-24-30-23(38)15-40-24)13-20(21)26(36(27)35-28(25)39)17-5-3-2-4-6-17/h2-10,15,26,29,38H,11-14H2,1H3,(H,33,37)(H,35,39). The molecule has 12 heteroatoms. The number of benzene rings is 2. The Morgan fingerprint density at radius 3 is 2.70 bits per heavy atom. The van der Waals surface area contributed by atoms with Crippen LogP contribution >= 0.6 is 11.3 Å². The van der Waals surface area contributed by atoms with E-state index in [1.807, 2.05) is 61.5 Å². The van der Waals surface area contributed by atoms with Gasteiger partial charge in [0.2, 0.25) is 11.8 Å². The number of carbonyl (C=O) groups excluding carboxylic acids is 1.